The first-order valence-corrected chi connectivity index (χ1v) is 4.85. The van der Waals surface area contributed by atoms with Crippen LogP contribution in [0.5, 0.6) is 0 Å². The number of rotatable bonds is 1. The van der Waals surface area contributed by atoms with Crippen molar-refractivity contribution in [2.75, 3.05) is 0 Å². The number of aryl methyl sites for hydroxylation is 1. The molecule has 0 saturated heterocycles. The van der Waals surface area contributed by atoms with Crippen LogP contribution in [0.2, 0.25) is 0 Å². The van der Waals surface area contributed by atoms with Crippen LogP contribution in [0.3, 0.4) is 0 Å². The average Bonchev–Trinajstić information content (AvgIpc) is 2.76. The SMILES string of the molecule is Cc1nc(C#CCn2cccn2)ccc1F. The molecular formula is C12H10FN3. The molecule has 0 unspecified atom stereocenters. The van der Waals surface area contributed by atoms with Crippen molar-refractivity contribution >= 4 is 0 Å². The van der Waals surface area contributed by atoms with Gasteiger partial charge < -0.3 is 0 Å². The lowest BCUT2D eigenvalue weighted by molar-refractivity contribution is 0.609. The molecule has 0 saturated carbocycles. The summed E-state index contributed by atoms with van der Waals surface area (Å²) >= 11 is 0. The minimum Gasteiger partial charge on any atom is -0.261 e. The van der Waals surface area contributed by atoms with Gasteiger partial charge in [-0.1, -0.05) is 5.92 Å². The third kappa shape index (κ3) is 2.45. The molecule has 0 N–H and O–H groups in total. The molecule has 2 aromatic heterocycles. The summed E-state index contributed by atoms with van der Waals surface area (Å²) in [6.07, 6.45) is 3.53. The summed E-state index contributed by atoms with van der Waals surface area (Å²) < 4.78 is 14.6. The van der Waals surface area contributed by atoms with Gasteiger partial charge in [-0.25, -0.2) is 9.37 Å². The summed E-state index contributed by atoms with van der Waals surface area (Å²) in [5, 5.41) is 4.01. The number of hydrogen-bond acceptors (Lipinski definition) is 2. The Morgan fingerprint density at radius 3 is 3.00 bits per heavy atom. The smallest absolute Gasteiger partial charge is 0.144 e. The van der Waals surface area contributed by atoms with Crippen LogP contribution in [0, 0.1) is 24.6 Å². The molecule has 4 heteroatoms. The van der Waals surface area contributed by atoms with E-state index in [2.05, 4.69) is 21.9 Å². The van der Waals surface area contributed by atoms with Gasteiger partial charge in [-0.3, -0.25) is 4.68 Å². The van der Waals surface area contributed by atoms with Gasteiger partial charge in [-0.05, 0) is 31.0 Å². The molecule has 0 aliphatic rings. The van der Waals surface area contributed by atoms with Crippen molar-refractivity contribution in [3.05, 3.63) is 47.8 Å². The number of pyridine rings is 1. The average molecular weight is 215 g/mol. The maximum atomic E-state index is 12.9. The fourth-order valence-corrected chi connectivity index (χ4v) is 1.22. The van der Waals surface area contributed by atoms with Gasteiger partial charge in [0.25, 0.3) is 0 Å². The van der Waals surface area contributed by atoms with Crippen molar-refractivity contribution in [2.24, 2.45) is 0 Å². The van der Waals surface area contributed by atoms with Gasteiger partial charge in [0.2, 0.25) is 0 Å². The summed E-state index contributed by atoms with van der Waals surface area (Å²) in [7, 11) is 0. The highest BCUT2D eigenvalue weighted by atomic mass is 19.1. The van der Waals surface area contributed by atoms with E-state index in [4.69, 9.17) is 0 Å². The van der Waals surface area contributed by atoms with E-state index < -0.39 is 0 Å². The number of hydrogen-bond donors (Lipinski definition) is 0. The van der Waals surface area contributed by atoms with Crippen LogP contribution in [0.4, 0.5) is 4.39 Å². The van der Waals surface area contributed by atoms with E-state index in [0.717, 1.165) is 0 Å². The Morgan fingerprint density at radius 1 is 1.44 bits per heavy atom. The second-order valence-corrected chi connectivity index (χ2v) is 3.27. The van der Waals surface area contributed by atoms with Crippen LogP contribution >= 0.6 is 0 Å². The lowest BCUT2D eigenvalue weighted by Gasteiger charge is -1.95. The summed E-state index contributed by atoms with van der Waals surface area (Å²) in [5.41, 5.74) is 0.942. The fourth-order valence-electron chi connectivity index (χ4n) is 1.22. The van der Waals surface area contributed by atoms with Gasteiger partial charge in [-0.2, -0.15) is 5.10 Å². The molecule has 0 atom stereocenters. The molecule has 0 aliphatic heterocycles. The lowest BCUT2D eigenvalue weighted by Crippen LogP contribution is -1.95. The van der Waals surface area contributed by atoms with Crippen LogP contribution in [-0.4, -0.2) is 14.8 Å². The second-order valence-electron chi connectivity index (χ2n) is 3.27. The summed E-state index contributed by atoms with van der Waals surface area (Å²) in [5.74, 6) is 5.47. The highest BCUT2D eigenvalue weighted by molar-refractivity contribution is 5.28. The van der Waals surface area contributed by atoms with Gasteiger partial charge in [0.15, 0.2) is 0 Å². The second kappa shape index (κ2) is 4.58. The molecule has 0 amide bonds. The van der Waals surface area contributed by atoms with E-state index in [-0.39, 0.29) is 5.82 Å². The molecule has 0 fully saturated rings. The van der Waals surface area contributed by atoms with Gasteiger partial charge in [-0.15, -0.1) is 0 Å². The molecule has 0 bridgehead atoms. The Morgan fingerprint density at radius 2 is 2.31 bits per heavy atom. The van der Waals surface area contributed by atoms with Gasteiger partial charge in [0.05, 0.1) is 5.69 Å². The fraction of sp³-hybridized carbons (Fsp3) is 0.167. The first-order valence-electron chi connectivity index (χ1n) is 4.85. The van der Waals surface area contributed by atoms with E-state index >= 15 is 0 Å². The monoisotopic (exact) mass is 215 g/mol. The Labute approximate surface area is 92.9 Å². The van der Waals surface area contributed by atoms with E-state index in [1.54, 1.807) is 23.9 Å². The summed E-state index contributed by atoms with van der Waals surface area (Å²) in [6, 6.07) is 4.78. The highest BCUT2D eigenvalue weighted by Gasteiger charge is 1.97. The molecule has 0 aliphatic carbocycles. The molecule has 16 heavy (non-hydrogen) atoms. The number of nitrogens with zero attached hydrogens (tertiary/aromatic N) is 3. The normalized spacial score (nSPS) is 9.62. The van der Waals surface area contributed by atoms with Crippen molar-refractivity contribution in [1.82, 2.24) is 14.8 Å². The molecular weight excluding hydrogens is 205 g/mol. The van der Waals surface area contributed by atoms with Crippen molar-refractivity contribution in [1.29, 1.82) is 0 Å². The zero-order valence-corrected chi connectivity index (χ0v) is 8.81. The van der Waals surface area contributed by atoms with Crippen LogP contribution in [0.1, 0.15) is 11.4 Å². The molecule has 3 nitrogen and oxygen atoms in total. The van der Waals surface area contributed by atoms with E-state index in [1.807, 2.05) is 12.3 Å². The number of halogens is 1. The first kappa shape index (κ1) is 10.4. The van der Waals surface area contributed by atoms with Crippen molar-refractivity contribution in [3.8, 4) is 11.8 Å². The Kier molecular flexibility index (Phi) is 2.97. The predicted octanol–water partition coefficient (Wildman–Crippen LogP) is 1.78. The van der Waals surface area contributed by atoms with Gasteiger partial charge >= 0.3 is 0 Å². The third-order valence-corrected chi connectivity index (χ3v) is 2.04. The van der Waals surface area contributed by atoms with E-state index in [9.17, 15) is 4.39 Å². The molecule has 0 spiro atoms. The third-order valence-electron chi connectivity index (χ3n) is 2.04. The van der Waals surface area contributed by atoms with Crippen LogP contribution in [0.15, 0.2) is 30.6 Å². The molecule has 2 aromatic rings. The topological polar surface area (TPSA) is 30.7 Å². The highest BCUT2D eigenvalue weighted by Crippen LogP contribution is 2.03. The Bertz CT molecular complexity index is 535. The van der Waals surface area contributed by atoms with Crippen LogP contribution in [0.25, 0.3) is 0 Å². The van der Waals surface area contributed by atoms with Crippen molar-refractivity contribution in [2.45, 2.75) is 13.5 Å². The summed E-state index contributed by atoms with van der Waals surface area (Å²) in [4.78, 5) is 4.01. The first-order chi connectivity index (χ1) is 7.75. The van der Waals surface area contributed by atoms with E-state index in [1.165, 1.54) is 6.07 Å². The quantitative estimate of drug-likeness (QED) is 0.679. The van der Waals surface area contributed by atoms with Crippen LogP contribution < -0.4 is 0 Å². The zero-order valence-electron chi connectivity index (χ0n) is 8.81. The largest absolute Gasteiger partial charge is 0.261 e. The standard InChI is InChI=1S/C12H10FN3/c1-10-12(13)6-5-11(15-10)4-2-8-16-9-3-7-14-16/h3,5-7,9H,8H2,1H3. The molecule has 2 heterocycles. The van der Waals surface area contributed by atoms with Gasteiger partial charge in [0, 0.05) is 12.4 Å². The maximum Gasteiger partial charge on any atom is 0.144 e. The van der Waals surface area contributed by atoms with E-state index in [0.29, 0.717) is 17.9 Å². The number of aromatic nitrogens is 3. The predicted molar refractivity (Wildman–Crippen MR) is 58.0 cm³/mol. The lowest BCUT2D eigenvalue weighted by atomic mass is 10.3. The minimum absolute atomic E-state index is 0.308. The molecule has 80 valence electrons. The molecule has 0 radical (unpaired) electrons. The van der Waals surface area contributed by atoms with Crippen LogP contribution in [-0.2, 0) is 6.54 Å². The molecule has 2 rings (SSSR count). The minimum atomic E-state index is -0.308. The van der Waals surface area contributed by atoms with Crippen molar-refractivity contribution < 1.29 is 4.39 Å². The summed E-state index contributed by atoms with van der Waals surface area (Å²) in [6.45, 7) is 2.12. The Hall–Kier alpha value is -2.15. The van der Waals surface area contributed by atoms with Gasteiger partial charge in [0.1, 0.15) is 18.1 Å². The molecule has 0 aromatic carbocycles. The Balaban J connectivity index is 2.09. The zero-order chi connectivity index (χ0) is 11.4. The van der Waals surface area contributed by atoms with Crippen molar-refractivity contribution in [3.63, 3.8) is 0 Å². The maximum absolute atomic E-state index is 12.9.